The number of halogens is 2. The Morgan fingerprint density at radius 3 is 2.60 bits per heavy atom. The molecule has 1 fully saturated rings. The molecule has 1 saturated carbocycles. The van der Waals surface area contributed by atoms with Crippen molar-refractivity contribution < 1.29 is 12.8 Å². The molecule has 1 aromatic heterocycles. The van der Waals surface area contributed by atoms with Gasteiger partial charge < -0.3 is 5.32 Å². The van der Waals surface area contributed by atoms with Crippen molar-refractivity contribution in [2.75, 3.05) is 10.0 Å². The first-order valence-electron chi connectivity index (χ1n) is 12.0. The van der Waals surface area contributed by atoms with E-state index in [1.165, 1.54) is 55.6 Å². The van der Waals surface area contributed by atoms with E-state index in [2.05, 4.69) is 17.0 Å². The monoisotopic (exact) mass is 535 g/mol. The van der Waals surface area contributed by atoms with Crippen LogP contribution in [0.2, 0.25) is 5.02 Å². The number of aromatic nitrogens is 1. The second kappa shape index (κ2) is 10.8. The van der Waals surface area contributed by atoms with E-state index in [0.717, 1.165) is 39.7 Å². The Labute approximate surface area is 216 Å². The third-order valence-corrected chi connectivity index (χ3v) is 9.46. The van der Waals surface area contributed by atoms with E-state index in [-0.39, 0.29) is 15.6 Å². The maximum atomic E-state index is 13.8. The zero-order valence-corrected chi connectivity index (χ0v) is 22.6. The summed E-state index contributed by atoms with van der Waals surface area (Å²) in [5.41, 5.74) is 2.34. The van der Waals surface area contributed by atoms with E-state index in [1.54, 1.807) is 19.1 Å². The van der Waals surface area contributed by atoms with Crippen LogP contribution in [-0.4, -0.2) is 19.4 Å². The predicted octanol–water partition coefficient (Wildman–Crippen LogP) is 7.79. The average molecular weight is 536 g/mol. The highest BCUT2D eigenvalue weighted by atomic mass is 35.5. The van der Waals surface area contributed by atoms with Crippen molar-refractivity contribution in [1.29, 1.82) is 0 Å². The van der Waals surface area contributed by atoms with Crippen LogP contribution in [0, 0.1) is 25.6 Å². The smallest absolute Gasteiger partial charge is 0.262 e. The molecule has 188 valence electrons. The summed E-state index contributed by atoms with van der Waals surface area (Å²) < 4.78 is 42.5. The number of rotatable bonds is 8. The molecule has 35 heavy (non-hydrogen) atoms. The van der Waals surface area contributed by atoms with Gasteiger partial charge in [-0.1, -0.05) is 67.2 Å². The van der Waals surface area contributed by atoms with Crippen LogP contribution in [0.5, 0.6) is 0 Å². The SMILES string of the molecule is Cc1ccc(-c2sc(N[C@@H](C)CC3CCCCC3)nc2C)cc1S(=O)(=O)Nc1ccc(Cl)c(F)c1. The minimum absolute atomic E-state index is 0.0655. The van der Waals surface area contributed by atoms with Crippen LogP contribution in [0.25, 0.3) is 10.4 Å². The van der Waals surface area contributed by atoms with Crippen LogP contribution >= 0.6 is 22.9 Å². The summed E-state index contributed by atoms with van der Waals surface area (Å²) in [7, 11) is -3.94. The Morgan fingerprint density at radius 2 is 1.89 bits per heavy atom. The molecule has 3 aromatic rings. The second-order valence-electron chi connectivity index (χ2n) is 9.43. The molecule has 9 heteroatoms. The van der Waals surface area contributed by atoms with Gasteiger partial charge in [0.15, 0.2) is 5.13 Å². The van der Waals surface area contributed by atoms with Gasteiger partial charge in [0.1, 0.15) is 5.82 Å². The molecule has 0 aliphatic heterocycles. The molecule has 0 unspecified atom stereocenters. The Balaban J connectivity index is 1.54. The molecule has 1 atom stereocenters. The van der Waals surface area contributed by atoms with Gasteiger partial charge in [0, 0.05) is 6.04 Å². The summed E-state index contributed by atoms with van der Waals surface area (Å²) in [6.45, 7) is 5.87. The first-order chi connectivity index (χ1) is 16.6. The molecule has 1 aliphatic carbocycles. The number of hydrogen-bond donors (Lipinski definition) is 2. The summed E-state index contributed by atoms with van der Waals surface area (Å²) in [6.07, 6.45) is 7.78. The molecule has 2 aromatic carbocycles. The molecule has 0 radical (unpaired) electrons. The molecule has 1 heterocycles. The molecule has 2 N–H and O–H groups in total. The van der Waals surface area contributed by atoms with Crippen LogP contribution < -0.4 is 10.0 Å². The lowest BCUT2D eigenvalue weighted by Crippen LogP contribution is -2.20. The molecule has 4 rings (SSSR count). The number of thiazole rings is 1. The number of nitrogens with zero attached hydrogens (tertiary/aromatic N) is 1. The lowest BCUT2D eigenvalue weighted by Gasteiger charge is -2.24. The summed E-state index contributed by atoms with van der Waals surface area (Å²) >= 11 is 7.25. The number of aryl methyl sites for hydroxylation is 2. The first-order valence-corrected chi connectivity index (χ1v) is 14.6. The molecule has 0 saturated heterocycles. The number of sulfonamides is 1. The van der Waals surface area contributed by atoms with Crippen molar-refractivity contribution >= 4 is 43.8 Å². The quantitative estimate of drug-likeness (QED) is 0.309. The van der Waals surface area contributed by atoms with Crippen LogP contribution in [0.1, 0.15) is 56.7 Å². The molecule has 0 spiro atoms. The fraction of sp³-hybridized carbons (Fsp3) is 0.423. The van der Waals surface area contributed by atoms with Gasteiger partial charge in [-0.25, -0.2) is 17.8 Å². The average Bonchev–Trinajstić information content (AvgIpc) is 3.16. The van der Waals surface area contributed by atoms with Crippen molar-refractivity contribution in [3.8, 4) is 10.4 Å². The van der Waals surface area contributed by atoms with Gasteiger partial charge in [-0.05, 0) is 68.5 Å². The highest BCUT2D eigenvalue weighted by Crippen LogP contribution is 2.36. The number of benzene rings is 2. The molecular weight excluding hydrogens is 505 g/mol. The lowest BCUT2D eigenvalue weighted by molar-refractivity contribution is 0.328. The van der Waals surface area contributed by atoms with E-state index >= 15 is 0 Å². The summed E-state index contributed by atoms with van der Waals surface area (Å²) in [6, 6.07) is 9.49. The van der Waals surface area contributed by atoms with Gasteiger partial charge in [0.2, 0.25) is 0 Å². The van der Waals surface area contributed by atoms with E-state index in [9.17, 15) is 12.8 Å². The number of anilines is 2. The molecule has 0 amide bonds. The van der Waals surface area contributed by atoms with E-state index in [4.69, 9.17) is 16.6 Å². The van der Waals surface area contributed by atoms with E-state index < -0.39 is 15.8 Å². The zero-order valence-electron chi connectivity index (χ0n) is 20.2. The summed E-state index contributed by atoms with van der Waals surface area (Å²) in [4.78, 5) is 5.77. The van der Waals surface area contributed by atoms with E-state index in [1.807, 2.05) is 13.0 Å². The van der Waals surface area contributed by atoms with Gasteiger partial charge >= 0.3 is 0 Å². The highest BCUT2D eigenvalue weighted by Gasteiger charge is 2.21. The van der Waals surface area contributed by atoms with Crippen LogP contribution in [0.4, 0.5) is 15.2 Å². The van der Waals surface area contributed by atoms with Crippen LogP contribution in [-0.2, 0) is 10.0 Å². The standard InChI is InChI=1S/C26H31ClFN3O2S2/c1-16-9-10-20(14-24(16)35(32,33)31-21-11-12-22(27)23(28)15-21)25-18(3)30-26(34-25)29-17(2)13-19-7-5-4-6-8-19/h9-12,14-15,17,19,31H,4-8,13H2,1-3H3,(H,29,30)/t17-/m0/s1. The number of hydrogen-bond acceptors (Lipinski definition) is 5. The maximum absolute atomic E-state index is 13.8. The number of nitrogens with one attached hydrogen (secondary N) is 2. The van der Waals surface area contributed by atoms with Gasteiger partial charge in [0.25, 0.3) is 10.0 Å². The molecule has 1 aliphatic rings. The first kappa shape index (κ1) is 25.9. The van der Waals surface area contributed by atoms with Crippen molar-refractivity contribution in [2.45, 2.75) is 70.2 Å². The van der Waals surface area contributed by atoms with Crippen molar-refractivity contribution in [1.82, 2.24) is 4.98 Å². The topological polar surface area (TPSA) is 71.1 Å². The predicted molar refractivity (Wildman–Crippen MR) is 144 cm³/mol. The van der Waals surface area contributed by atoms with E-state index in [0.29, 0.717) is 11.6 Å². The Kier molecular flexibility index (Phi) is 8.03. The lowest BCUT2D eigenvalue weighted by atomic mass is 9.85. The Bertz CT molecular complexity index is 1300. The minimum Gasteiger partial charge on any atom is -0.359 e. The van der Waals surface area contributed by atoms with Crippen molar-refractivity contribution in [3.63, 3.8) is 0 Å². The third kappa shape index (κ3) is 6.35. The largest absolute Gasteiger partial charge is 0.359 e. The van der Waals surface area contributed by atoms with Gasteiger partial charge in [0.05, 0.1) is 26.2 Å². The third-order valence-electron chi connectivity index (χ3n) is 6.49. The Morgan fingerprint density at radius 1 is 1.14 bits per heavy atom. The normalized spacial score (nSPS) is 15.7. The highest BCUT2D eigenvalue weighted by molar-refractivity contribution is 7.92. The van der Waals surface area contributed by atoms with Crippen molar-refractivity contribution in [3.05, 3.63) is 58.5 Å². The van der Waals surface area contributed by atoms with Crippen LogP contribution in [0.3, 0.4) is 0 Å². The van der Waals surface area contributed by atoms with Crippen LogP contribution in [0.15, 0.2) is 41.3 Å². The molecular formula is C26H31ClFN3O2S2. The van der Waals surface area contributed by atoms with Gasteiger partial charge in [-0.15, -0.1) is 0 Å². The molecule has 5 nitrogen and oxygen atoms in total. The van der Waals surface area contributed by atoms with Crippen molar-refractivity contribution in [2.24, 2.45) is 5.92 Å². The van der Waals surface area contributed by atoms with Gasteiger partial charge in [-0.3, -0.25) is 4.72 Å². The Hall–Kier alpha value is -2.16. The fourth-order valence-electron chi connectivity index (χ4n) is 4.72. The zero-order chi connectivity index (χ0) is 25.2. The minimum atomic E-state index is -3.94. The summed E-state index contributed by atoms with van der Waals surface area (Å²) in [5.74, 6) is 0.0913. The maximum Gasteiger partial charge on any atom is 0.262 e. The molecule has 0 bridgehead atoms. The van der Waals surface area contributed by atoms with Gasteiger partial charge in [-0.2, -0.15) is 0 Å². The fourth-order valence-corrected chi connectivity index (χ4v) is 7.23. The summed E-state index contributed by atoms with van der Waals surface area (Å²) in [5, 5.41) is 4.33. The second-order valence-corrected chi connectivity index (χ2v) is 12.5.